The van der Waals surface area contributed by atoms with Gasteiger partial charge in [-0.05, 0) is 168 Å². The predicted octanol–water partition coefficient (Wildman–Crippen LogP) is 14.5. The van der Waals surface area contributed by atoms with Crippen molar-refractivity contribution in [3.05, 3.63) is 136 Å². The Kier molecular flexibility index (Phi) is 8.80. The van der Waals surface area contributed by atoms with Crippen LogP contribution >= 0.6 is 0 Å². The van der Waals surface area contributed by atoms with Gasteiger partial charge in [-0.25, -0.2) is 0 Å². The van der Waals surface area contributed by atoms with Gasteiger partial charge < -0.3 is 10.2 Å². The molecule has 0 aliphatic heterocycles. The molecule has 0 spiro atoms. The number of nitrogens with one attached hydrogen (secondary N) is 1. The summed E-state index contributed by atoms with van der Waals surface area (Å²) in [5.74, 6) is 0. The van der Waals surface area contributed by atoms with Crippen LogP contribution in [-0.2, 0) is 21.7 Å². The first kappa shape index (κ1) is 36.1. The van der Waals surface area contributed by atoms with Crippen molar-refractivity contribution in [2.75, 3.05) is 10.2 Å². The second-order valence-electron chi connectivity index (χ2n) is 18.7. The van der Waals surface area contributed by atoms with E-state index in [1.54, 1.807) is 0 Å². The highest BCUT2D eigenvalue weighted by Gasteiger charge is 2.40. The normalized spacial score (nSPS) is 17.9. The van der Waals surface area contributed by atoms with Crippen LogP contribution in [-0.4, -0.2) is 0 Å². The fraction of sp³-hybridized carbons (Fsp3) is 0.400. The number of hydrogen-bond donors (Lipinski definition) is 1. The molecular weight excluding hydrogens is 629 g/mol. The van der Waals surface area contributed by atoms with Gasteiger partial charge in [-0.3, -0.25) is 0 Å². The number of rotatable bonds is 6. The summed E-state index contributed by atoms with van der Waals surface area (Å²) in [6, 6.07) is 34.5. The van der Waals surface area contributed by atoms with E-state index in [1.807, 2.05) is 0 Å². The van der Waals surface area contributed by atoms with Crippen LogP contribution in [0.25, 0.3) is 11.1 Å². The first-order chi connectivity index (χ1) is 24.4. The van der Waals surface area contributed by atoms with Crippen LogP contribution in [0, 0.1) is 27.7 Å². The number of aryl methyl sites for hydroxylation is 3. The summed E-state index contributed by atoms with van der Waals surface area (Å²) in [5, 5.41) is 3.90. The zero-order chi connectivity index (χ0) is 37.4. The number of hydrogen-bond acceptors (Lipinski definition) is 2. The molecule has 0 saturated heterocycles. The highest BCUT2D eigenvalue weighted by Crippen LogP contribution is 2.53. The van der Waals surface area contributed by atoms with E-state index in [1.165, 1.54) is 104 Å². The SMILES string of the molecule is Cc1cc(-c2cc3c(cc2Nc2ccccc2)C(C)(C)CCC3(C)C)c(C)c(N(c2ccccc2C)c2cc3c(cc2C)C(C)(C)CCC3(C)C)c1. The van der Waals surface area contributed by atoms with Gasteiger partial charge in [-0.15, -0.1) is 0 Å². The van der Waals surface area contributed by atoms with Crippen LogP contribution in [0.15, 0.2) is 91.0 Å². The van der Waals surface area contributed by atoms with Crippen LogP contribution in [0.4, 0.5) is 28.4 Å². The Labute approximate surface area is 314 Å². The Morgan fingerprint density at radius 2 is 0.981 bits per heavy atom. The quantitative estimate of drug-likeness (QED) is 0.191. The van der Waals surface area contributed by atoms with Crippen molar-refractivity contribution in [2.45, 2.75) is 130 Å². The molecule has 0 heterocycles. The van der Waals surface area contributed by atoms with Crippen LogP contribution in [0.5, 0.6) is 0 Å². The molecule has 2 aliphatic rings. The number of anilines is 5. The average molecular weight is 689 g/mol. The minimum absolute atomic E-state index is 0.0967. The molecule has 0 amide bonds. The van der Waals surface area contributed by atoms with Crippen molar-refractivity contribution in [3.8, 4) is 11.1 Å². The molecule has 270 valence electrons. The monoisotopic (exact) mass is 688 g/mol. The van der Waals surface area contributed by atoms with E-state index in [-0.39, 0.29) is 21.7 Å². The number of fused-ring (bicyclic) bond motifs is 2. The van der Waals surface area contributed by atoms with Crippen molar-refractivity contribution in [3.63, 3.8) is 0 Å². The third-order valence-corrected chi connectivity index (χ3v) is 12.9. The van der Waals surface area contributed by atoms with Gasteiger partial charge in [0.25, 0.3) is 0 Å². The minimum Gasteiger partial charge on any atom is -0.355 e. The molecule has 5 aromatic rings. The van der Waals surface area contributed by atoms with E-state index in [4.69, 9.17) is 0 Å². The van der Waals surface area contributed by atoms with Crippen LogP contribution in [0.1, 0.15) is 126 Å². The molecule has 0 aromatic heterocycles. The van der Waals surface area contributed by atoms with Crippen molar-refractivity contribution >= 4 is 28.4 Å². The van der Waals surface area contributed by atoms with E-state index in [9.17, 15) is 0 Å². The molecule has 5 aromatic carbocycles. The molecule has 0 unspecified atom stereocenters. The molecule has 2 aliphatic carbocycles. The van der Waals surface area contributed by atoms with E-state index >= 15 is 0 Å². The van der Waals surface area contributed by atoms with Gasteiger partial charge in [-0.1, -0.05) is 104 Å². The third kappa shape index (κ3) is 6.27. The summed E-state index contributed by atoms with van der Waals surface area (Å²) in [4.78, 5) is 2.57. The van der Waals surface area contributed by atoms with Crippen LogP contribution in [0.2, 0.25) is 0 Å². The van der Waals surface area contributed by atoms with Crippen molar-refractivity contribution < 1.29 is 0 Å². The maximum Gasteiger partial charge on any atom is 0.0499 e. The molecule has 0 bridgehead atoms. The van der Waals surface area contributed by atoms with Gasteiger partial charge in [0, 0.05) is 34.0 Å². The van der Waals surface area contributed by atoms with Gasteiger partial charge in [0.05, 0.1) is 0 Å². The van der Waals surface area contributed by atoms with Crippen LogP contribution < -0.4 is 10.2 Å². The third-order valence-electron chi connectivity index (χ3n) is 12.9. The number of para-hydroxylation sites is 2. The van der Waals surface area contributed by atoms with E-state index in [0.717, 1.165) is 5.69 Å². The first-order valence-electron chi connectivity index (χ1n) is 19.5. The first-order valence-corrected chi connectivity index (χ1v) is 19.5. The fourth-order valence-corrected chi connectivity index (χ4v) is 9.12. The highest BCUT2D eigenvalue weighted by molar-refractivity contribution is 5.91. The van der Waals surface area contributed by atoms with Crippen molar-refractivity contribution in [2.24, 2.45) is 0 Å². The predicted molar refractivity (Wildman–Crippen MR) is 226 cm³/mol. The molecule has 1 N–H and O–H groups in total. The summed E-state index contributed by atoms with van der Waals surface area (Å²) in [7, 11) is 0. The topological polar surface area (TPSA) is 15.3 Å². The minimum atomic E-state index is 0.0967. The van der Waals surface area contributed by atoms with Gasteiger partial charge in [-0.2, -0.15) is 0 Å². The lowest BCUT2D eigenvalue weighted by Crippen LogP contribution is -2.34. The summed E-state index contributed by atoms with van der Waals surface area (Å²) >= 11 is 0. The molecule has 2 heteroatoms. The van der Waals surface area contributed by atoms with Crippen molar-refractivity contribution in [1.29, 1.82) is 0 Å². The van der Waals surface area contributed by atoms with Crippen molar-refractivity contribution in [1.82, 2.24) is 0 Å². The smallest absolute Gasteiger partial charge is 0.0499 e. The van der Waals surface area contributed by atoms with E-state index in [2.05, 4.69) is 184 Å². The van der Waals surface area contributed by atoms with E-state index < -0.39 is 0 Å². The zero-order valence-electron chi connectivity index (χ0n) is 33.9. The van der Waals surface area contributed by atoms with E-state index in [0.29, 0.717) is 0 Å². The number of benzene rings is 5. The molecule has 52 heavy (non-hydrogen) atoms. The number of nitrogens with zero attached hydrogens (tertiary/aromatic N) is 1. The summed E-state index contributed by atoms with van der Waals surface area (Å²) in [6.45, 7) is 28.6. The average Bonchev–Trinajstić information content (AvgIpc) is 3.08. The summed E-state index contributed by atoms with van der Waals surface area (Å²) in [5.41, 5.74) is 20.1. The molecule has 0 fully saturated rings. The highest BCUT2D eigenvalue weighted by atomic mass is 15.1. The van der Waals surface area contributed by atoms with Gasteiger partial charge in [0.15, 0.2) is 0 Å². The molecule has 0 saturated carbocycles. The second kappa shape index (κ2) is 12.7. The Morgan fingerprint density at radius 3 is 1.58 bits per heavy atom. The lowest BCUT2D eigenvalue weighted by molar-refractivity contribution is 0.332. The molecule has 7 rings (SSSR count). The molecular formula is C50H60N2. The lowest BCUT2D eigenvalue weighted by Gasteiger charge is -2.43. The Hall–Kier alpha value is -4.30. The Balaban J connectivity index is 1.51. The standard InChI is InChI=1S/C50H60N2/c1-32-26-37(38-29-40-41(49(9,10)24-23-48(40,7)8)30-43(38)51-36-19-14-13-15-20-36)35(4)46(27-32)52(44-21-17-16-18-33(44)2)45-31-42-39(28-34(45)3)47(5,6)22-25-50(42,11)12/h13-21,26-31,51H,22-25H2,1-12H3. The maximum atomic E-state index is 3.90. The fourth-order valence-electron chi connectivity index (χ4n) is 9.12. The van der Waals surface area contributed by atoms with Gasteiger partial charge >= 0.3 is 0 Å². The molecule has 0 radical (unpaired) electrons. The zero-order valence-corrected chi connectivity index (χ0v) is 33.9. The van der Waals surface area contributed by atoms with Crippen LogP contribution in [0.3, 0.4) is 0 Å². The molecule has 2 nitrogen and oxygen atoms in total. The van der Waals surface area contributed by atoms with Gasteiger partial charge in [0.2, 0.25) is 0 Å². The van der Waals surface area contributed by atoms with Gasteiger partial charge in [0.1, 0.15) is 0 Å². The largest absolute Gasteiger partial charge is 0.355 e. The Bertz CT molecular complexity index is 2160. The molecule has 0 atom stereocenters. The maximum absolute atomic E-state index is 3.90. The summed E-state index contributed by atoms with van der Waals surface area (Å²) in [6.07, 6.45) is 4.77. The lowest BCUT2D eigenvalue weighted by atomic mass is 9.62. The Morgan fingerprint density at radius 1 is 0.462 bits per heavy atom. The second-order valence-corrected chi connectivity index (χ2v) is 18.7. The summed E-state index contributed by atoms with van der Waals surface area (Å²) < 4.78 is 0.